The molecule has 0 amide bonds. The van der Waals surface area contributed by atoms with E-state index in [-0.39, 0.29) is 11.3 Å². The van der Waals surface area contributed by atoms with Gasteiger partial charge in [-0.3, -0.25) is 4.79 Å². The van der Waals surface area contributed by atoms with Crippen molar-refractivity contribution < 1.29 is 31.8 Å². The van der Waals surface area contributed by atoms with E-state index < -0.39 is 35.0 Å². The third kappa shape index (κ3) is 3.70. The number of hydrogen-bond acceptors (Lipinski definition) is 5. The average molecular weight is 346 g/mol. The Morgan fingerprint density at radius 2 is 1.96 bits per heavy atom. The third-order valence-electron chi connectivity index (χ3n) is 2.88. The molecule has 0 saturated heterocycles. The van der Waals surface area contributed by atoms with Crippen molar-refractivity contribution in [3.63, 3.8) is 0 Å². The summed E-state index contributed by atoms with van der Waals surface area (Å²) in [4.78, 5) is 23.4. The lowest BCUT2D eigenvalue weighted by Crippen LogP contribution is -2.24. The summed E-state index contributed by atoms with van der Waals surface area (Å²) in [5, 5.41) is 3.67. The topological polar surface area (TPSA) is 70.4 Å². The molecule has 1 aromatic heterocycles. The van der Waals surface area contributed by atoms with Crippen molar-refractivity contribution in [3.05, 3.63) is 51.7 Å². The number of aryl methyl sites for hydroxylation is 1. The normalized spacial score (nSPS) is 11.2. The molecule has 1 heterocycles. The van der Waals surface area contributed by atoms with E-state index in [4.69, 9.17) is 0 Å². The van der Waals surface area contributed by atoms with Crippen LogP contribution in [0.15, 0.2) is 29.2 Å². The number of benzene rings is 1. The molecule has 0 aliphatic carbocycles. The van der Waals surface area contributed by atoms with Crippen molar-refractivity contribution in [2.75, 3.05) is 7.11 Å². The fraction of sp³-hybridized carbons (Fsp3) is 0.214. The number of carbonyl (C=O) groups excluding carboxylic acids is 1. The highest BCUT2D eigenvalue weighted by molar-refractivity contribution is 5.87. The van der Waals surface area contributed by atoms with Gasteiger partial charge in [-0.2, -0.15) is 5.10 Å². The highest BCUT2D eigenvalue weighted by Gasteiger charge is 2.31. The Morgan fingerprint density at radius 1 is 1.29 bits per heavy atom. The van der Waals surface area contributed by atoms with Crippen molar-refractivity contribution in [1.29, 1.82) is 0 Å². The minimum atomic E-state index is -4.96. The van der Waals surface area contributed by atoms with Gasteiger partial charge in [-0.05, 0) is 19.1 Å². The SMILES string of the molecule is COC(=O)c1nn(-c2ccc(OC(F)(F)F)cc2F)cc(C)c1=O. The second kappa shape index (κ2) is 6.30. The van der Waals surface area contributed by atoms with Crippen LogP contribution in [0.5, 0.6) is 5.75 Å². The molecule has 10 heteroatoms. The molecule has 6 nitrogen and oxygen atoms in total. The highest BCUT2D eigenvalue weighted by Crippen LogP contribution is 2.25. The van der Waals surface area contributed by atoms with Crippen LogP contribution >= 0.6 is 0 Å². The van der Waals surface area contributed by atoms with Crippen LogP contribution in [-0.2, 0) is 4.74 Å². The Bertz CT molecular complexity index is 846. The number of carbonyl (C=O) groups is 1. The summed E-state index contributed by atoms with van der Waals surface area (Å²) in [6.07, 6.45) is -3.82. The Hall–Kier alpha value is -2.91. The van der Waals surface area contributed by atoms with Crippen LogP contribution in [0.3, 0.4) is 0 Å². The van der Waals surface area contributed by atoms with E-state index in [2.05, 4.69) is 14.6 Å². The fourth-order valence-corrected chi connectivity index (χ4v) is 1.83. The van der Waals surface area contributed by atoms with E-state index in [1.165, 1.54) is 6.92 Å². The van der Waals surface area contributed by atoms with E-state index in [0.29, 0.717) is 6.07 Å². The maximum atomic E-state index is 14.1. The predicted molar refractivity (Wildman–Crippen MR) is 72.6 cm³/mol. The summed E-state index contributed by atoms with van der Waals surface area (Å²) >= 11 is 0. The van der Waals surface area contributed by atoms with Gasteiger partial charge in [0.1, 0.15) is 11.4 Å². The molecule has 0 atom stereocenters. The summed E-state index contributed by atoms with van der Waals surface area (Å²) < 4.78 is 59.3. The number of esters is 1. The van der Waals surface area contributed by atoms with Gasteiger partial charge in [0.2, 0.25) is 11.1 Å². The van der Waals surface area contributed by atoms with E-state index in [1.54, 1.807) is 0 Å². The van der Waals surface area contributed by atoms with Crippen molar-refractivity contribution in [3.8, 4) is 11.4 Å². The molecular formula is C14H10F4N2O4. The third-order valence-corrected chi connectivity index (χ3v) is 2.88. The number of nitrogens with zero attached hydrogens (tertiary/aromatic N) is 2. The van der Waals surface area contributed by atoms with Crippen LogP contribution < -0.4 is 10.2 Å². The van der Waals surface area contributed by atoms with Gasteiger partial charge in [-0.15, -0.1) is 13.2 Å². The van der Waals surface area contributed by atoms with E-state index in [1.807, 2.05) is 0 Å². The first-order chi connectivity index (χ1) is 11.1. The van der Waals surface area contributed by atoms with E-state index in [0.717, 1.165) is 30.1 Å². The van der Waals surface area contributed by atoms with Crippen molar-refractivity contribution >= 4 is 5.97 Å². The summed E-state index contributed by atoms with van der Waals surface area (Å²) in [5.41, 5.74) is -1.48. The Labute approximate surface area is 132 Å². The minimum absolute atomic E-state index is 0.0698. The van der Waals surface area contributed by atoms with Crippen LogP contribution in [0.1, 0.15) is 16.1 Å². The molecule has 0 radical (unpaired) electrons. The average Bonchev–Trinajstić information content (AvgIpc) is 2.47. The molecule has 1 aromatic carbocycles. The lowest BCUT2D eigenvalue weighted by Gasteiger charge is -2.12. The van der Waals surface area contributed by atoms with Crippen LogP contribution in [0.4, 0.5) is 17.6 Å². The van der Waals surface area contributed by atoms with Gasteiger partial charge >= 0.3 is 12.3 Å². The zero-order valence-corrected chi connectivity index (χ0v) is 12.3. The first-order valence-electron chi connectivity index (χ1n) is 6.37. The van der Waals surface area contributed by atoms with Crippen molar-refractivity contribution in [2.24, 2.45) is 0 Å². The van der Waals surface area contributed by atoms with Gasteiger partial charge in [-0.1, -0.05) is 0 Å². The van der Waals surface area contributed by atoms with Crippen molar-refractivity contribution in [1.82, 2.24) is 9.78 Å². The van der Waals surface area contributed by atoms with Crippen LogP contribution in [0.2, 0.25) is 0 Å². The highest BCUT2D eigenvalue weighted by atomic mass is 19.4. The standard InChI is InChI=1S/C14H10F4N2O4/c1-7-6-20(19-11(12(7)21)13(22)23-2)10-4-3-8(5-9(10)15)24-14(16,17)18/h3-6H,1-2H3. The number of halogens is 4. The fourth-order valence-electron chi connectivity index (χ4n) is 1.83. The van der Waals surface area contributed by atoms with Crippen molar-refractivity contribution in [2.45, 2.75) is 13.3 Å². The zero-order chi connectivity index (χ0) is 18.1. The molecule has 0 N–H and O–H groups in total. The molecule has 0 aliphatic rings. The summed E-state index contributed by atoms with van der Waals surface area (Å²) in [6.45, 7) is 1.37. The first-order valence-corrected chi connectivity index (χ1v) is 6.37. The minimum Gasteiger partial charge on any atom is -0.464 e. The number of rotatable bonds is 3. The van der Waals surface area contributed by atoms with E-state index >= 15 is 0 Å². The number of hydrogen-bond donors (Lipinski definition) is 0. The molecule has 2 rings (SSSR count). The molecular weight excluding hydrogens is 336 g/mol. The quantitative estimate of drug-likeness (QED) is 0.630. The second-order valence-corrected chi connectivity index (χ2v) is 4.59. The molecule has 24 heavy (non-hydrogen) atoms. The first kappa shape index (κ1) is 17.4. The maximum absolute atomic E-state index is 14.1. The molecule has 0 unspecified atom stereocenters. The second-order valence-electron chi connectivity index (χ2n) is 4.59. The molecule has 0 fully saturated rings. The number of alkyl halides is 3. The molecule has 0 aliphatic heterocycles. The van der Waals surface area contributed by atoms with Gasteiger partial charge in [0, 0.05) is 17.8 Å². The lowest BCUT2D eigenvalue weighted by molar-refractivity contribution is -0.274. The van der Waals surface area contributed by atoms with Crippen LogP contribution in [0, 0.1) is 12.7 Å². The Kier molecular flexibility index (Phi) is 4.58. The zero-order valence-electron chi connectivity index (χ0n) is 12.3. The van der Waals surface area contributed by atoms with Gasteiger partial charge < -0.3 is 9.47 Å². The van der Waals surface area contributed by atoms with Gasteiger partial charge in [0.25, 0.3) is 0 Å². The summed E-state index contributed by atoms with van der Waals surface area (Å²) in [7, 11) is 1.04. The Balaban J connectivity index is 2.51. The largest absolute Gasteiger partial charge is 0.573 e. The van der Waals surface area contributed by atoms with Gasteiger partial charge in [0.15, 0.2) is 5.82 Å². The molecule has 2 aromatic rings. The van der Waals surface area contributed by atoms with E-state index in [9.17, 15) is 27.2 Å². The predicted octanol–water partition coefficient (Wildman–Crippen LogP) is 2.37. The molecule has 0 saturated carbocycles. The molecule has 0 bridgehead atoms. The monoisotopic (exact) mass is 346 g/mol. The summed E-state index contributed by atoms with van der Waals surface area (Å²) in [6, 6.07) is 2.35. The number of methoxy groups -OCH3 is 1. The maximum Gasteiger partial charge on any atom is 0.573 e. The summed E-state index contributed by atoms with van der Waals surface area (Å²) in [5.74, 6) is -2.87. The smallest absolute Gasteiger partial charge is 0.464 e. The van der Waals surface area contributed by atoms with Gasteiger partial charge in [-0.25, -0.2) is 13.9 Å². The number of ether oxygens (including phenoxy) is 2. The van der Waals surface area contributed by atoms with Crippen LogP contribution in [0.25, 0.3) is 5.69 Å². The number of aromatic nitrogens is 2. The van der Waals surface area contributed by atoms with Gasteiger partial charge in [0.05, 0.1) is 7.11 Å². The lowest BCUT2D eigenvalue weighted by atomic mass is 10.2. The molecule has 0 spiro atoms. The molecule has 128 valence electrons. The van der Waals surface area contributed by atoms with Crippen LogP contribution in [-0.4, -0.2) is 29.2 Å². The Morgan fingerprint density at radius 3 is 2.50 bits per heavy atom.